The van der Waals surface area contributed by atoms with Crippen molar-refractivity contribution in [2.75, 3.05) is 0 Å². The molecule has 0 radical (unpaired) electrons. The van der Waals surface area contributed by atoms with Gasteiger partial charge in [-0.2, -0.15) is 5.26 Å². The van der Waals surface area contributed by atoms with Gasteiger partial charge < -0.3 is 5.32 Å². The van der Waals surface area contributed by atoms with Crippen LogP contribution < -0.4 is 5.32 Å². The van der Waals surface area contributed by atoms with Crippen molar-refractivity contribution in [2.24, 2.45) is 0 Å². The highest BCUT2D eigenvalue weighted by atomic mass is 32.2. The summed E-state index contributed by atoms with van der Waals surface area (Å²) in [6.07, 6.45) is 0.285. The molecule has 1 aliphatic rings. The van der Waals surface area contributed by atoms with Gasteiger partial charge in [0.05, 0.1) is 16.7 Å². The number of allylic oxidation sites excluding steroid dienone is 1. The third-order valence-electron chi connectivity index (χ3n) is 3.51. The lowest BCUT2D eigenvalue weighted by molar-refractivity contribution is -0.120. The Morgan fingerprint density at radius 1 is 1.39 bits per heavy atom. The normalized spacial score (nSPS) is 17.7. The van der Waals surface area contributed by atoms with E-state index in [0.29, 0.717) is 16.4 Å². The summed E-state index contributed by atoms with van der Waals surface area (Å²) in [5.74, 6) is -0.0787. The minimum absolute atomic E-state index is 0.0934. The van der Waals surface area contributed by atoms with Crippen molar-refractivity contribution < 1.29 is 9.18 Å². The molecule has 0 bridgehead atoms. The molecule has 3 rings (SSSR count). The zero-order valence-corrected chi connectivity index (χ0v) is 13.7. The molecule has 1 aliphatic heterocycles. The van der Waals surface area contributed by atoms with Crippen LogP contribution in [0.15, 0.2) is 52.4 Å². The molecule has 0 saturated heterocycles. The van der Waals surface area contributed by atoms with Crippen molar-refractivity contribution in [3.63, 3.8) is 0 Å². The molecular weight excluding hydrogens is 331 g/mol. The molecule has 0 fully saturated rings. The lowest BCUT2D eigenvalue weighted by Gasteiger charge is -2.24. The van der Waals surface area contributed by atoms with Gasteiger partial charge in [0.15, 0.2) is 0 Å². The molecule has 0 aliphatic carbocycles. The van der Waals surface area contributed by atoms with E-state index in [1.165, 1.54) is 23.9 Å². The number of nitrogens with one attached hydrogen (secondary N) is 1. The van der Waals surface area contributed by atoms with Gasteiger partial charge in [0.1, 0.15) is 5.82 Å². The van der Waals surface area contributed by atoms with E-state index in [0.717, 1.165) is 10.4 Å². The van der Waals surface area contributed by atoms with E-state index in [1.807, 2.05) is 23.6 Å². The Bertz CT molecular complexity index is 793. The summed E-state index contributed by atoms with van der Waals surface area (Å²) in [6.45, 7) is 0. The van der Waals surface area contributed by atoms with E-state index < -0.39 is 0 Å². The maximum absolute atomic E-state index is 13.2. The van der Waals surface area contributed by atoms with E-state index in [9.17, 15) is 14.4 Å². The highest BCUT2D eigenvalue weighted by molar-refractivity contribution is 8.02. The maximum Gasteiger partial charge on any atom is 0.225 e. The SMILES string of the molecule is N#CC1=C(SCc2cccc(F)c2)NC(=O)C[C@@H]1c1cccs1. The van der Waals surface area contributed by atoms with Crippen LogP contribution in [0.4, 0.5) is 4.39 Å². The summed E-state index contributed by atoms with van der Waals surface area (Å²) < 4.78 is 13.2. The summed E-state index contributed by atoms with van der Waals surface area (Å²) >= 11 is 2.90. The van der Waals surface area contributed by atoms with Crippen LogP contribution >= 0.6 is 23.1 Å². The summed E-state index contributed by atoms with van der Waals surface area (Å²) in [5, 5.41) is 14.8. The molecule has 23 heavy (non-hydrogen) atoms. The van der Waals surface area contributed by atoms with Gasteiger partial charge in [-0.05, 0) is 29.1 Å². The van der Waals surface area contributed by atoms with Crippen LogP contribution in [0.2, 0.25) is 0 Å². The molecule has 116 valence electrons. The van der Waals surface area contributed by atoms with Crippen molar-refractivity contribution in [2.45, 2.75) is 18.1 Å². The molecule has 1 N–H and O–H groups in total. The topological polar surface area (TPSA) is 52.9 Å². The zero-order valence-electron chi connectivity index (χ0n) is 12.1. The molecule has 1 aromatic carbocycles. The monoisotopic (exact) mass is 344 g/mol. The largest absolute Gasteiger partial charge is 0.320 e. The fourth-order valence-electron chi connectivity index (χ4n) is 2.45. The van der Waals surface area contributed by atoms with Gasteiger partial charge >= 0.3 is 0 Å². The van der Waals surface area contributed by atoms with Crippen LogP contribution in [-0.2, 0) is 10.5 Å². The Hall–Kier alpha value is -2.10. The van der Waals surface area contributed by atoms with E-state index in [-0.39, 0.29) is 24.1 Å². The van der Waals surface area contributed by atoms with E-state index in [1.54, 1.807) is 17.4 Å². The van der Waals surface area contributed by atoms with Crippen LogP contribution in [-0.4, -0.2) is 5.91 Å². The Labute approximate surface area is 141 Å². The lowest BCUT2D eigenvalue weighted by Crippen LogP contribution is -2.30. The molecular formula is C17H13FN2OS2. The minimum atomic E-state index is -0.290. The number of nitriles is 1. The molecule has 1 aromatic heterocycles. The first-order valence-corrected chi connectivity index (χ1v) is 8.88. The van der Waals surface area contributed by atoms with Crippen LogP contribution in [0, 0.1) is 17.1 Å². The van der Waals surface area contributed by atoms with E-state index >= 15 is 0 Å². The number of nitrogens with zero attached hydrogens (tertiary/aromatic N) is 1. The van der Waals surface area contributed by atoms with Gasteiger partial charge in [-0.25, -0.2) is 4.39 Å². The number of carbonyl (C=O) groups is 1. The van der Waals surface area contributed by atoms with Crippen molar-refractivity contribution in [1.82, 2.24) is 5.32 Å². The number of benzene rings is 1. The molecule has 0 saturated carbocycles. The number of rotatable bonds is 4. The second kappa shape index (κ2) is 6.99. The molecule has 0 spiro atoms. The number of thioether (sulfide) groups is 1. The number of carbonyl (C=O) groups excluding carboxylic acids is 1. The maximum atomic E-state index is 13.2. The van der Waals surface area contributed by atoms with Crippen molar-refractivity contribution >= 4 is 29.0 Å². The minimum Gasteiger partial charge on any atom is -0.320 e. The van der Waals surface area contributed by atoms with Gasteiger partial charge in [-0.3, -0.25) is 4.79 Å². The van der Waals surface area contributed by atoms with Gasteiger partial charge in [-0.1, -0.05) is 18.2 Å². The van der Waals surface area contributed by atoms with Crippen molar-refractivity contribution in [1.29, 1.82) is 5.26 Å². The van der Waals surface area contributed by atoms with E-state index in [4.69, 9.17) is 0 Å². The molecule has 1 atom stereocenters. The molecule has 0 unspecified atom stereocenters. The van der Waals surface area contributed by atoms with Crippen LogP contribution in [0.3, 0.4) is 0 Å². The first kappa shape index (κ1) is 15.8. The average Bonchev–Trinajstić information content (AvgIpc) is 3.06. The summed E-state index contributed by atoms with van der Waals surface area (Å²) in [5.41, 5.74) is 1.39. The van der Waals surface area contributed by atoms with E-state index in [2.05, 4.69) is 11.4 Å². The average molecular weight is 344 g/mol. The fourth-order valence-corrected chi connectivity index (χ4v) is 4.30. The fraction of sp³-hybridized carbons (Fsp3) is 0.176. The van der Waals surface area contributed by atoms with Gasteiger partial charge in [0, 0.05) is 23.0 Å². The smallest absolute Gasteiger partial charge is 0.225 e. The number of hydrogen-bond donors (Lipinski definition) is 1. The van der Waals surface area contributed by atoms with Gasteiger partial charge in [-0.15, -0.1) is 23.1 Å². The van der Waals surface area contributed by atoms with Crippen LogP contribution in [0.5, 0.6) is 0 Å². The van der Waals surface area contributed by atoms with Gasteiger partial charge in [0.2, 0.25) is 5.91 Å². The Morgan fingerprint density at radius 2 is 2.26 bits per heavy atom. The standard InChI is InChI=1S/C17H13FN2OS2/c18-12-4-1-3-11(7-12)10-23-17-14(9-19)13(8-16(21)20-17)15-5-2-6-22-15/h1-7,13H,8,10H2,(H,20,21)/t13-/m0/s1. The quantitative estimate of drug-likeness (QED) is 0.906. The first-order valence-electron chi connectivity index (χ1n) is 7.02. The summed E-state index contributed by atoms with van der Waals surface area (Å²) in [6, 6.07) is 12.4. The molecule has 2 aromatic rings. The zero-order chi connectivity index (χ0) is 16.2. The second-order valence-corrected chi connectivity index (χ2v) is 7.06. The highest BCUT2D eigenvalue weighted by Gasteiger charge is 2.30. The van der Waals surface area contributed by atoms with Gasteiger partial charge in [0.25, 0.3) is 0 Å². The molecule has 3 nitrogen and oxygen atoms in total. The number of thiophene rings is 1. The summed E-state index contributed by atoms with van der Waals surface area (Å²) in [7, 11) is 0. The molecule has 1 amide bonds. The summed E-state index contributed by atoms with van der Waals surface area (Å²) in [4.78, 5) is 13.0. The third-order valence-corrected chi connectivity index (χ3v) is 5.59. The highest BCUT2D eigenvalue weighted by Crippen LogP contribution is 2.38. The Morgan fingerprint density at radius 3 is 2.96 bits per heavy atom. The van der Waals surface area contributed by atoms with Crippen LogP contribution in [0.1, 0.15) is 22.8 Å². The Kier molecular flexibility index (Phi) is 4.79. The van der Waals surface area contributed by atoms with Crippen LogP contribution in [0.25, 0.3) is 0 Å². The second-order valence-electron chi connectivity index (χ2n) is 5.09. The predicted molar refractivity (Wildman–Crippen MR) is 90.2 cm³/mol. The number of hydrogen-bond acceptors (Lipinski definition) is 4. The lowest BCUT2D eigenvalue weighted by atomic mass is 9.93. The Balaban J connectivity index is 1.85. The number of amides is 1. The third kappa shape index (κ3) is 3.63. The number of halogens is 1. The predicted octanol–water partition coefficient (Wildman–Crippen LogP) is 4.16. The van der Waals surface area contributed by atoms with Crippen molar-refractivity contribution in [3.8, 4) is 6.07 Å². The molecule has 2 heterocycles. The molecule has 6 heteroatoms. The first-order chi connectivity index (χ1) is 11.2. The van der Waals surface area contributed by atoms with Crippen molar-refractivity contribution in [3.05, 3.63) is 68.6 Å².